The fourth-order valence-corrected chi connectivity index (χ4v) is 2.77. The highest BCUT2D eigenvalue weighted by Gasteiger charge is 2.04. The molecule has 0 atom stereocenters. The predicted molar refractivity (Wildman–Crippen MR) is 98.3 cm³/mol. The molecule has 3 aromatic rings. The number of hydrogen-bond donors (Lipinski definition) is 1. The molecule has 0 aliphatic heterocycles. The van der Waals surface area contributed by atoms with Gasteiger partial charge in [0.1, 0.15) is 11.5 Å². The Balaban J connectivity index is 1.66. The summed E-state index contributed by atoms with van der Waals surface area (Å²) in [5.74, 6) is 1.63. The number of hydrogen-bond acceptors (Lipinski definition) is 6. The van der Waals surface area contributed by atoms with Gasteiger partial charge in [0.25, 0.3) is 0 Å². The summed E-state index contributed by atoms with van der Waals surface area (Å²) in [5, 5.41) is 6.95. The van der Waals surface area contributed by atoms with Crippen LogP contribution in [-0.4, -0.2) is 25.4 Å². The number of rotatable bonds is 6. The van der Waals surface area contributed by atoms with Gasteiger partial charge in [0.15, 0.2) is 0 Å². The third-order valence-corrected chi connectivity index (χ3v) is 4.10. The molecule has 1 heterocycles. The average Bonchev–Trinajstić information content (AvgIpc) is 3.11. The van der Waals surface area contributed by atoms with E-state index in [-0.39, 0.29) is 0 Å². The number of thiazole rings is 1. The van der Waals surface area contributed by atoms with Crippen LogP contribution >= 0.6 is 11.3 Å². The molecule has 24 heavy (non-hydrogen) atoms. The summed E-state index contributed by atoms with van der Waals surface area (Å²) in [7, 11) is 3.30. The van der Waals surface area contributed by atoms with Crippen molar-refractivity contribution in [1.29, 1.82) is 0 Å². The molecular weight excluding hydrogens is 322 g/mol. The van der Waals surface area contributed by atoms with Gasteiger partial charge in [-0.2, -0.15) is 5.10 Å². The molecule has 1 aromatic heterocycles. The van der Waals surface area contributed by atoms with Crippen molar-refractivity contribution in [2.45, 2.75) is 0 Å². The van der Waals surface area contributed by atoms with Crippen molar-refractivity contribution in [3.05, 3.63) is 59.5 Å². The maximum Gasteiger partial charge on any atom is 0.203 e. The molecule has 0 unspecified atom stereocenters. The van der Waals surface area contributed by atoms with E-state index in [1.54, 1.807) is 20.4 Å². The van der Waals surface area contributed by atoms with Gasteiger partial charge in [0.05, 0.1) is 26.1 Å². The molecule has 0 saturated carbocycles. The lowest BCUT2D eigenvalue weighted by Crippen LogP contribution is -1.91. The Labute approximate surface area is 144 Å². The lowest BCUT2D eigenvalue weighted by molar-refractivity contribution is 0.414. The normalized spacial score (nSPS) is 10.8. The Morgan fingerprint density at radius 1 is 1.04 bits per heavy atom. The topological polar surface area (TPSA) is 55.7 Å². The lowest BCUT2D eigenvalue weighted by atomic mass is 10.2. The van der Waals surface area contributed by atoms with Crippen LogP contribution in [0.25, 0.3) is 11.3 Å². The van der Waals surface area contributed by atoms with Crippen LogP contribution in [-0.2, 0) is 0 Å². The highest BCUT2D eigenvalue weighted by Crippen LogP contribution is 2.26. The molecule has 122 valence electrons. The second kappa shape index (κ2) is 7.61. The number of nitrogens with zero attached hydrogens (tertiary/aromatic N) is 2. The Kier molecular flexibility index (Phi) is 5.08. The molecule has 0 fully saturated rings. The van der Waals surface area contributed by atoms with Crippen molar-refractivity contribution in [1.82, 2.24) is 4.98 Å². The standard InChI is InChI=1S/C18H17N3O2S/c1-22-15-8-6-14(7-9-15)17-12-24-18(20-17)21-19-11-13-4-3-5-16(10-13)23-2/h3-12H,1-2H3,(H,20,21)/b19-11-. The molecule has 0 amide bonds. The number of aromatic nitrogens is 1. The lowest BCUT2D eigenvalue weighted by Gasteiger charge is -2.00. The van der Waals surface area contributed by atoms with Crippen molar-refractivity contribution in [3.8, 4) is 22.8 Å². The van der Waals surface area contributed by atoms with E-state index in [1.165, 1.54) is 11.3 Å². The van der Waals surface area contributed by atoms with Crippen LogP contribution < -0.4 is 14.9 Å². The van der Waals surface area contributed by atoms with Gasteiger partial charge >= 0.3 is 0 Å². The van der Waals surface area contributed by atoms with Gasteiger partial charge in [-0.1, -0.05) is 12.1 Å². The molecule has 3 rings (SSSR count). The van der Waals surface area contributed by atoms with E-state index in [0.29, 0.717) is 0 Å². The first-order chi connectivity index (χ1) is 11.8. The monoisotopic (exact) mass is 339 g/mol. The molecule has 2 aromatic carbocycles. The highest BCUT2D eigenvalue weighted by atomic mass is 32.1. The van der Waals surface area contributed by atoms with Gasteiger partial charge < -0.3 is 9.47 Å². The van der Waals surface area contributed by atoms with E-state index in [9.17, 15) is 0 Å². The average molecular weight is 339 g/mol. The van der Waals surface area contributed by atoms with Gasteiger partial charge in [-0.05, 0) is 42.0 Å². The Bertz CT molecular complexity index is 828. The van der Waals surface area contributed by atoms with Crippen molar-refractivity contribution < 1.29 is 9.47 Å². The van der Waals surface area contributed by atoms with E-state index in [4.69, 9.17) is 9.47 Å². The summed E-state index contributed by atoms with van der Waals surface area (Å²) in [5.41, 5.74) is 5.85. The fraction of sp³-hybridized carbons (Fsp3) is 0.111. The third kappa shape index (κ3) is 3.91. The number of anilines is 1. The minimum atomic E-state index is 0.736. The SMILES string of the molecule is COc1ccc(-c2csc(N/N=C\c3cccc(OC)c3)n2)cc1. The summed E-state index contributed by atoms with van der Waals surface area (Å²) in [6.45, 7) is 0. The van der Waals surface area contributed by atoms with E-state index in [2.05, 4.69) is 15.5 Å². The summed E-state index contributed by atoms with van der Waals surface area (Å²) in [4.78, 5) is 4.53. The summed E-state index contributed by atoms with van der Waals surface area (Å²) in [6.07, 6.45) is 1.73. The molecule has 6 heteroatoms. The second-order valence-corrected chi connectivity index (χ2v) is 5.77. The highest BCUT2D eigenvalue weighted by molar-refractivity contribution is 7.14. The van der Waals surface area contributed by atoms with Crippen LogP contribution in [0.4, 0.5) is 5.13 Å². The van der Waals surface area contributed by atoms with Crippen LogP contribution in [0.5, 0.6) is 11.5 Å². The van der Waals surface area contributed by atoms with Crippen LogP contribution in [0, 0.1) is 0 Å². The predicted octanol–water partition coefficient (Wildman–Crippen LogP) is 4.27. The Hall–Kier alpha value is -2.86. The maximum absolute atomic E-state index is 5.19. The molecule has 0 aliphatic rings. The zero-order valence-electron chi connectivity index (χ0n) is 13.4. The van der Waals surface area contributed by atoms with Crippen LogP contribution in [0.2, 0.25) is 0 Å². The van der Waals surface area contributed by atoms with E-state index >= 15 is 0 Å². The molecule has 5 nitrogen and oxygen atoms in total. The minimum Gasteiger partial charge on any atom is -0.497 e. The first kappa shape index (κ1) is 16.0. The van der Waals surface area contributed by atoms with Crippen LogP contribution in [0.15, 0.2) is 59.0 Å². The summed E-state index contributed by atoms with van der Waals surface area (Å²) < 4.78 is 10.4. The number of ether oxygens (including phenoxy) is 2. The van der Waals surface area contributed by atoms with E-state index in [0.717, 1.165) is 33.5 Å². The van der Waals surface area contributed by atoms with Crippen molar-refractivity contribution >= 4 is 22.7 Å². The van der Waals surface area contributed by atoms with Crippen LogP contribution in [0.1, 0.15) is 5.56 Å². The van der Waals surface area contributed by atoms with Crippen molar-refractivity contribution in [3.63, 3.8) is 0 Å². The van der Waals surface area contributed by atoms with E-state index < -0.39 is 0 Å². The maximum atomic E-state index is 5.19. The smallest absolute Gasteiger partial charge is 0.203 e. The largest absolute Gasteiger partial charge is 0.497 e. The molecule has 0 saturated heterocycles. The molecular formula is C18H17N3O2S. The van der Waals surface area contributed by atoms with Crippen molar-refractivity contribution in [2.24, 2.45) is 5.10 Å². The molecule has 0 spiro atoms. The minimum absolute atomic E-state index is 0.736. The van der Waals surface area contributed by atoms with Crippen LogP contribution in [0.3, 0.4) is 0 Å². The number of nitrogens with one attached hydrogen (secondary N) is 1. The van der Waals surface area contributed by atoms with Gasteiger partial charge in [-0.3, -0.25) is 5.43 Å². The summed E-state index contributed by atoms with van der Waals surface area (Å²) in [6, 6.07) is 15.5. The number of hydrazone groups is 1. The first-order valence-corrected chi connectivity index (χ1v) is 8.19. The third-order valence-electron chi connectivity index (χ3n) is 3.36. The second-order valence-electron chi connectivity index (χ2n) is 4.91. The Morgan fingerprint density at radius 3 is 2.58 bits per heavy atom. The van der Waals surface area contributed by atoms with Gasteiger partial charge in [0.2, 0.25) is 5.13 Å². The number of benzene rings is 2. The van der Waals surface area contributed by atoms with Gasteiger partial charge in [-0.25, -0.2) is 4.98 Å². The zero-order chi connectivity index (χ0) is 16.8. The van der Waals surface area contributed by atoms with E-state index in [1.807, 2.05) is 53.9 Å². The van der Waals surface area contributed by atoms with Gasteiger partial charge in [-0.15, -0.1) is 11.3 Å². The molecule has 1 N–H and O–H groups in total. The molecule has 0 aliphatic carbocycles. The molecule has 0 radical (unpaired) electrons. The zero-order valence-corrected chi connectivity index (χ0v) is 14.2. The first-order valence-electron chi connectivity index (χ1n) is 7.31. The van der Waals surface area contributed by atoms with Gasteiger partial charge in [0, 0.05) is 10.9 Å². The quantitative estimate of drug-likeness (QED) is 0.538. The Morgan fingerprint density at radius 2 is 1.83 bits per heavy atom. The summed E-state index contributed by atoms with van der Waals surface area (Å²) >= 11 is 1.51. The fourth-order valence-electron chi connectivity index (χ4n) is 2.10. The molecule has 0 bridgehead atoms. The van der Waals surface area contributed by atoms with Crippen molar-refractivity contribution in [2.75, 3.05) is 19.6 Å². The number of methoxy groups -OCH3 is 2.